The molecule has 0 aliphatic carbocycles. The molecule has 7 nitrogen and oxygen atoms in total. The minimum atomic E-state index is -1.06. The number of hydrogen-bond acceptors (Lipinski definition) is 5. The molecule has 4 rings (SSSR count). The molecule has 1 aromatic rings. The van der Waals surface area contributed by atoms with Gasteiger partial charge in [0.1, 0.15) is 17.8 Å². The van der Waals surface area contributed by atoms with Crippen LogP contribution in [0.15, 0.2) is 24.3 Å². The highest BCUT2D eigenvalue weighted by atomic mass is 16.5. The lowest BCUT2D eigenvalue weighted by atomic mass is 9.73. The topological polar surface area (TPSA) is 79.3 Å². The molecule has 134 valence electrons. The van der Waals surface area contributed by atoms with Gasteiger partial charge in [-0.2, -0.15) is 0 Å². The number of hydrogen-bond donors (Lipinski definition) is 1. The van der Waals surface area contributed by atoms with E-state index in [9.17, 15) is 14.7 Å². The molecule has 25 heavy (non-hydrogen) atoms. The van der Waals surface area contributed by atoms with Gasteiger partial charge < -0.3 is 19.5 Å². The van der Waals surface area contributed by atoms with Crippen LogP contribution in [-0.4, -0.2) is 79.3 Å². The SMILES string of the molecule is O=C(CN1CCOCC1)N1C[C@@H]2c3ccccc3OC[C@]2(C(=O)O)C1. The van der Waals surface area contributed by atoms with Crippen LogP contribution in [0.5, 0.6) is 5.75 Å². The fraction of sp³-hybridized carbons (Fsp3) is 0.556. The van der Waals surface area contributed by atoms with E-state index in [0.29, 0.717) is 26.3 Å². The summed E-state index contributed by atoms with van der Waals surface area (Å²) in [5, 5.41) is 9.90. The molecule has 0 aromatic heterocycles. The fourth-order valence-electron chi connectivity index (χ4n) is 4.08. The highest BCUT2D eigenvalue weighted by Crippen LogP contribution is 2.49. The lowest BCUT2D eigenvalue weighted by Gasteiger charge is -2.35. The summed E-state index contributed by atoms with van der Waals surface area (Å²) < 4.78 is 11.0. The number of ether oxygens (including phenoxy) is 2. The van der Waals surface area contributed by atoms with E-state index in [4.69, 9.17) is 9.47 Å². The van der Waals surface area contributed by atoms with Crippen molar-refractivity contribution >= 4 is 11.9 Å². The van der Waals surface area contributed by atoms with E-state index >= 15 is 0 Å². The third-order valence-electron chi connectivity index (χ3n) is 5.56. The standard InChI is InChI=1S/C18H22N2O5/c21-16(10-19-5-7-24-8-6-19)20-9-14-13-3-1-2-4-15(13)25-12-18(14,11-20)17(22)23/h1-4,14H,5-12H2,(H,22,23)/t14-,18-/m1/s1. The van der Waals surface area contributed by atoms with E-state index in [1.807, 2.05) is 24.3 Å². The zero-order valence-corrected chi connectivity index (χ0v) is 14.0. The number of carboxylic acids is 1. The zero-order chi connectivity index (χ0) is 17.4. The Morgan fingerprint density at radius 1 is 1.24 bits per heavy atom. The second kappa shape index (κ2) is 6.31. The smallest absolute Gasteiger partial charge is 0.315 e. The number of nitrogens with zero attached hydrogens (tertiary/aromatic N) is 2. The van der Waals surface area contributed by atoms with E-state index in [1.54, 1.807) is 4.90 Å². The zero-order valence-electron chi connectivity index (χ0n) is 14.0. The lowest BCUT2D eigenvalue weighted by molar-refractivity contribution is -0.152. The molecule has 0 bridgehead atoms. The first-order valence-electron chi connectivity index (χ1n) is 8.63. The molecule has 0 spiro atoms. The maximum Gasteiger partial charge on any atom is 0.315 e. The van der Waals surface area contributed by atoms with Crippen molar-refractivity contribution < 1.29 is 24.2 Å². The molecular formula is C18H22N2O5. The molecule has 1 amide bonds. The van der Waals surface area contributed by atoms with Gasteiger partial charge in [0.25, 0.3) is 0 Å². The molecular weight excluding hydrogens is 324 g/mol. The first-order chi connectivity index (χ1) is 12.1. The Morgan fingerprint density at radius 2 is 2.00 bits per heavy atom. The lowest BCUT2D eigenvalue weighted by Crippen LogP contribution is -2.47. The number of amides is 1. The molecule has 2 fully saturated rings. The fourth-order valence-corrected chi connectivity index (χ4v) is 4.08. The monoisotopic (exact) mass is 346 g/mol. The maximum atomic E-state index is 12.7. The van der Waals surface area contributed by atoms with Crippen LogP contribution in [0.4, 0.5) is 0 Å². The highest BCUT2D eigenvalue weighted by molar-refractivity contribution is 5.83. The second-order valence-corrected chi connectivity index (χ2v) is 7.00. The molecule has 3 aliphatic rings. The quantitative estimate of drug-likeness (QED) is 0.854. The number of likely N-dealkylation sites (tertiary alicyclic amines) is 1. The van der Waals surface area contributed by atoms with Crippen LogP contribution < -0.4 is 4.74 Å². The van der Waals surface area contributed by atoms with Gasteiger partial charge in [0, 0.05) is 37.7 Å². The number of carbonyl (C=O) groups excluding carboxylic acids is 1. The number of rotatable bonds is 3. The van der Waals surface area contributed by atoms with Gasteiger partial charge in [-0.3, -0.25) is 14.5 Å². The number of benzene rings is 1. The van der Waals surface area contributed by atoms with E-state index in [1.165, 1.54) is 0 Å². The normalized spacial score (nSPS) is 28.8. The van der Waals surface area contributed by atoms with Gasteiger partial charge in [0.15, 0.2) is 0 Å². The minimum absolute atomic E-state index is 0.0191. The van der Waals surface area contributed by atoms with Crippen molar-refractivity contribution in [2.75, 3.05) is 52.5 Å². The number of para-hydroxylation sites is 1. The van der Waals surface area contributed by atoms with Crippen LogP contribution in [0.1, 0.15) is 11.5 Å². The summed E-state index contributed by atoms with van der Waals surface area (Å²) in [6.07, 6.45) is 0. The molecule has 1 N–H and O–H groups in total. The van der Waals surface area contributed by atoms with Gasteiger partial charge in [-0.25, -0.2) is 0 Å². The molecule has 0 radical (unpaired) electrons. The van der Waals surface area contributed by atoms with Gasteiger partial charge >= 0.3 is 5.97 Å². The Kier molecular flexibility index (Phi) is 4.13. The van der Waals surface area contributed by atoms with Gasteiger partial charge in [-0.15, -0.1) is 0 Å². The molecule has 7 heteroatoms. The second-order valence-electron chi connectivity index (χ2n) is 7.00. The average Bonchev–Trinajstić information content (AvgIpc) is 3.04. The van der Waals surface area contributed by atoms with E-state index in [-0.39, 0.29) is 25.0 Å². The number of morpholine rings is 1. The van der Waals surface area contributed by atoms with E-state index in [0.717, 1.165) is 24.4 Å². The van der Waals surface area contributed by atoms with Crippen molar-refractivity contribution in [2.45, 2.75) is 5.92 Å². The Hall–Kier alpha value is -2.12. The number of aliphatic carboxylic acids is 1. The van der Waals surface area contributed by atoms with Crippen molar-refractivity contribution in [3.8, 4) is 5.75 Å². The van der Waals surface area contributed by atoms with Gasteiger partial charge in [-0.1, -0.05) is 18.2 Å². The van der Waals surface area contributed by atoms with Gasteiger partial charge in [0.05, 0.1) is 19.8 Å². The summed E-state index contributed by atoms with van der Waals surface area (Å²) in [4.78, 5) is 28.6. The Bertz CT molecular complexity index is 688. The summed E-state index contributed by atoms with van der Waals surface area (Å²) in [6, 6.07) is 7.54. The van der Waals surface area contributed by atoms with Crippen LogP contribution >= 0.6 is 0 Å². The summed E-state index contributed by atoms with van der Waals surface area (Å²) in [5.41, 5.74) is -0.174. The van der Waals surface area contributed by atoms with Gasteiger partial charge in [-0.05, 0) is 6.07 Å². The van der Waals surface area contributed by atoms with Crippen molar-refractivity contribution in [3.05, 3.63) is 29.8 Å². The predicted molar refractivity (Wildman–Crippen MR) is 88.6 cm³/mol. The average molecular weight is 346 g/mol. The van der Waals surface area contributed by atoms with Crippen molar-refractivity contribution in [1.29, 1.82) is 0 Å². The van der Waals surface area contributed by atoms with Crippen LogP contribution in [0, 0.1) is 5.41 Å². The molecule has 3 aliphatic heterocycles. The van der Waals surface area contributed by atoms with Crippen LogP contribution in [0.25, 0.3) is 0 Å². The summed E-state index contributed by atoms with van der Waals surface area (Å²) >= 11 is 0. The molecule has 0 unspecified atom stereocenters. The first kappa shape index (κ1) is 16.4. The largest absolute Gasteiger partial charge is 0.492 e. The third-order valence-corrected chi connectivity index (χ3v) is 5.56. The van der Waals surface area contributed by atoms with Crippen LogP contribution in [-0.2, 0) is 14.3 Å². The Morgan fingerprint density at radius 3 is 2.76 bits per heavy atom. The Labute approximate surface area is 146 Å². The van der Waals surface area contributed by atoms with Crippen molar-refractivity contribution in [2.24, 2.45) is 5.41 Å². The number of carbonyl (C=O) groups is 2. The summed E-state index contributed by atoms with van der Waals surface area (Å²) in [5.74, 6) is -0.418. The minimum Gasteiger partial charge on any atom is -0.492 e. The third kappa shape index (κ3) is 2.77. The predicted octanol–water partition coefficient (Wildman–Crippen LogP) is 0.408. The van der Waals surface area contributed by atoms with Gasteiger partial charge in [0.2, 0.25) is 5.91 Å². The van der Waals surface area contributed by atoms with Crippen LogP contribution in [0.2, 0.25) is 0 Å². The highest BCUT2D eigenvalue weighted by Gasteiger charge is 2.57. The number of carboxylic acid groups (broad SMARTS) is 1. The Balaban J connectivity index is 1.56. The first-order valence-corrected chi connectivity index (χ1v) is 8.63. The van der Waals surface area contributed by atoms with E-state index < -0.39 is 11.4 Å². The van der Waals surface area contributed by atoms with E-state index in [2.05, 4.69) is 4.90 Å². The number of fused-ring (bicyclic) bond motifs is 3. The molecule has 2 atom stereocenters. The summed E-state index contributed by atoms with van der Waals surface area (Å²) in [6.45, 7) is 3.78. The maximum absolute atomic E-state index is 12.7. The van der Waals surface area contributed by atoms with Crippen molar-refractivity contribution in [3.63, 3.8) is 0 Å². The molecule has 1 aromatic carbocycles. The molecule has 0 saturated carbocycles. The van der Waals surface area contributed by atoms with Crippen LogP contribution in [0.3, 0.4) is 0 Å². The van der Waals surface area contributed by atoms with Crippen molar-refractivity contribution in [1.82, 2.24) is 9.80 Å². The summed E-state index contributed by atoms with van der Waals surface area (Å²) in [7, 11) is 0. The molecule has 2 saturated heterocycles. The molecule has 3 heterocycles.